The zero-order valence-electron chi connectivity index (χ0n) is 6.29. The third-order valence-electron chi connectivity index (χ3n) is 1.78. The number of nitrogens with zero attached hydrogens (tertiary/aromatic N) is 1. The molecule has 1 aromatic heterocycles. The summed E-state index contributed by atoms with van der Waals surface area (Å²) in [6.45, 7) is 0. The molecule has 2 rings (SSSR count). The zero-order valence-corrected chi connectivity index (χ0v) is 7.05. The molecule has 0 saturated heterocycles. The lowest BCUT2D eigenvalue weighted by Gasteiger charge is -2.01. The first-order valence-electron chi connectivity index (χ1n) is 3.58. The lowest BCUT2D eigenvalue weighted by Crippen LogP contribution is -1.89. The second kappa shape index (κ2) is 2.64. The maximum Gasteiger partial charge on any atom is 0.136 e. The van der Waals surface area contributed by atoms with Gasteiger partial charge in [0.05, 0.1) is 11.9 Å². The van der Waals surface area contributed by atoms with Crippen molar-refractivity contribution in [2.75, 3.05) is 5.73 Å². The Kier molecular flexibility index (Phi) is 1.62. The van der Waals surface area contributed by atoms with Crippen LogP contribution in [0.5, 0.6) is 0 Å². The molecule has 2 nitrogen and oxygen atoms in total. The van der Waals surface area contributed by atoms with Gasteiger partial charge in [0.1, 0.15) is 5.15 Å². The number of halogens is 1. The van der Waals surface area contributed by atoms with E-state index >= 15 is 0 Å². The van der Waals surface area contributed by atoms with E-state index in [1.807, 2.05) is 24.3 Å². The van der Waals surface area contributed by atoms with E-state index in [0.717, 1.165) is 10.8 Å². The van der Waals surface area contributed by atoms with E-state index in [0.29, 0.717) is 10.8 Å². The molecule has 1 heterocycles. The molecule has 2 aromatic rings. The third-order valence-corrected chi connectivity index (χ3v) is 2.08. The van der Waals surface area contributed by atoms with Gasteiger partial charge in [0.2, 0.25) is 0 Å². The number of pyridine rings is 1. The van der Waals surface area contributed by atoms with E-state index < -0.39 is 0 Å². The Bertz CT molecular complexity index is 385. The van der Waals surface area contributed by atoms with Crippen molar-refractivity contribution in [3.63, 3.8) is 0 Å². The molecule has 60 valence electrons. The molecule has 0 atom stereocenters. The number of nitrogen functional groups attached to an aromatic ring is 1. The van der Waals surface area contributed by atoms with E-state index in [9.17, 15) is 0 Å². The first-order chi connectivity index (χ1) is 5.79. The normalized spacial score (nSPS) is 10.4. The highest BCUT2D eigenvalue weighted by atomic mass is 35.5. The fourth-order valence-corrected chi connectivity index (χ4v) is 1.39. The summed E-state index contributed by atoms with van der Waals surface area (Å²) in [5, 5.41) is 2.36. The fraction of sp³-hybridized carbons (Fsp3) is 0. The van der Waals surface area contributed by atoms with Crippen LogP contribution < -0.4 is 5.73 Å². The SMILES string of the molecule is Nc1cnc(Cl)c2ccccc12. The molecule has 0 radical (unpaired) electrons. The molecule has 0 bridgehead atoms. The number of hydrogen-bond donors (Lipinski definition) is 1. The van der Waals surface area contributed by atoms with Crippen LogP contribution in [0.15, 0.2) is 30.5 Å². The van der Waals surface area contributed by atoms with Crippen LogP contribution in [-0.4, -0.2) is 4.98 Å². The summed E-state index contributed by atoms with van der Waals surface area (Å²) in [5.41, 5.74) is 6.37. The highest BCUT2D eigenvalue weighted by molar-refractivity contribution is 6.34. The van der Waals surface area contributed by atoms with Crippen LogP contribution in [0.2, 0.25) is 5.15 Å². The number of fused-ring (bicyclic) bond motifs is 1. The molecule has 0 unspecified atom stereocenters. The smallest absolute Gasteiger partial charge is 0.136 e. The van der Waals surface area contributed by atoms with Crippen LogP contribution in [0.25, 0.3) is 10.8 Å². The van der Waals surface area contributed by atoms with E-state index in [1.54, 1.807) is 6.20 Å². The van der Waals surface area contributed by atoms with Gasteiger partial charge in [-0.1, -0.05) is 35.9 Å². The molecule has 0 spiro atoms. The van der Waals surface area contributed by atoms with Gasteiger partial charge in [0.15, 0.2) is 0 Å². The average Bonchev–Trinajstić information content (AvgIpc) is 2.12. The van der Waals surface area contributed by atoms with Gasteiger partial charge < -0.3 is 5.73 Å². The minimum atomic E-state index is 0.500. The Labute approximate surface area is 75.0 Å². The number of hydrogen-bond acceptors (Lipinski definition) is 2. The first kappa shape index (κ1) is 7.37. The molecule has 0 aliphatic carbocycles. The average molecular weight is 179 g/mol. The molecule has 0 fully saturated rings. The van der Waals surface area contributed by atoms with Crippen molar-refractivity contribution in [1.29, 1.82) is 0 Å². The van der Waals surface area contributed by atoms with Crippen molar-refractivity contribution in [2.24, 2.45) is 0 Å². The lowest BCUT2D eigenvalue weighted by molar-refractivity contribution is 1.36. The predicted molar refractivity (Wildman–Crippen MR) is 51.2 cm³/mol. The van der Waals surface area contributed by atoms with Crippen molar-refractivity contribution in [1.82, 2.24) is 4.98 Å². The quantitative estimate of drug-likeness (QED) is 0.630. The van der Waals surface area contributed by atoms with Crippen molar-refractivity contribution in [2.45, 2.75) is 0 Å². The molecule has 1 aromatic carbocycles. The Balaban J connectivity index is 2.95. The molecular formula is C9H7ClN2. The first-order valence-corrected chi connectivity index (χ1v) is 3.95. The number of rotatable bonds is 0. The largest absolute Gasteiger partial charge is 0.397 e. The number of anilines is 1. The maximum atomic E-state index is 5.86. The standard InChI is InChI=1S/C9H7ClN2/c10-9-7-4-2-1-3-6(7)8(11)5-12-9/h1-5H,11H2. The van der Waals surface area contributed by atoms with E-state index in [1.165, 1.54) is 0 Å². The summed E-state index contributed by atoms with van der Waals surface area (Å²) in [5.74, 6) is 0. The summed E-state index contributed by atoms with van der Waals surface area (Å²) < 4.78 is 0. The molecule has 2 N–H and O–H groups in total. The molecular weight excluding hydrogens is 172 g/mol. The number of aromatic nitrogens is 1. The number of benzene rings is 1. The minimum Gasteiger partial charge on any atom is -0.397 e. The van der Waals surface area contributed by atoms with Gasteiger partial charge in [-0.15, -0.1) is 0 Å². The number of nitrogens with two attached hydrogens (primary N) is 1. The van der Waals surface area contributed by atoms with Gasteiger partial charge in [-0.05, 0) is 0 Å². The van der Waals surface area contributed by atoms with Crippen molar-refractivity contribution < 1.29 is 0 Å². The van der Waals surface area contributed by atoms with Crippen LogP contribution in [0.4, 0.5) is 5.69 Å². The monoisotopic (exact) mass is 178 g/mol. The van der Waals surface area contributed by atoms with Gasteiger partial charge >= 0.3 is 0 Å². The van der Waals surface area contributed by atoms with Crippen LogP contribution in [0.1, 0.15) is 0 Å². The summed E-state index contributed by atoms with van der Waals surface area (Å²) in [6, 6.07) is 7.67. The summed E-state index contributed by atoms with van der Waals surface area (Å²) in [7, 11) is 0. The second-order valence-corrected chi connectivity index (χ2v) is 2.91. The van der Waals surface area contributed by atoms with Crippen LogP contribution in [0, 0.1) is 0 Å². The second-order valence-electron chi connectivity index (χ2n) is 2.55. The summed E-state index contributed by atoms with van der Waals surface area (Å²) >= 11 is 5.86. The maximum absolute atomic E-state index is 5.86. The molecule has 0 amide bonds. The zero-order chi connectivity index (χ0) is 8.55. The van der Waals surface area contributed by atoms with Crippen molar-refractivity contribution >= 4 is 28.1 Å². The minimum absolute atomic E-state index is 0.500. The van der Waals surface area contributed by atoms with Gasteiger partial charge in [0, 0.05) is 10.8 Å². The Hall–Kier alpha value is -1.28. The lowest BCUT2D eigenvalue weighted by atomic mass is 10.1. The highest BCUT2D eigenvalue weighted by Gasteiger charge is 2.00. The van der Waals surface area contributed by atoms with E-state index in [-0.39, 0.29) is 0 Å². The van der Waals surface area contributed by atoms with E-state index in [4.69, 9.17) is 17.3 Å². The summed E-state index contributed by atoms with van der Waals surface area (Å²) in [4.78, 5) is 3.95. The predicted octanol–water partition coefficient (Wildman–Crippen LogP) is 2.47. The van der Waals surface area contributed by atoms with Gasteiger partial charge in [-0.2, -0.15) is 0 Å². The topological polar surface area (TPSA) is 38.9 Å². The van der Waals surface area contributed by atoms with E-state index in [2.05, 4.69) is 4.98 Å². The van der Waals surface area contributed by atoms with Crippen LogP contribution >= 0.6 is 11.6 Å². The molecule has 0 saturated carbocycles. The van der Waals surface area contributed by atoms with Gasteiger partial charge in [-0.3, -0.25) is 0 Å². The Morgan fingerprint density at radius 2 is 1.83 bits per heavy atom. The Morgan fingerprint density at radius 1 is 1.17 bits per heavy atom. The van der Waals surface area contributed by atoms with Gasteiger partial charge in [0.25, 0.3) is 0 Å². The molecule has 0 aliphatic heterocycles. The van der Waals surface area contributed by atoms with Crippen LogP contribution in [-0.2, 0) is 0 Å². The Morgan fingerprint density at radius 3 is 2.50 bits per heavy atom. The molecule has 12 heavy (non-hydrogen) atoms. The fourth-order valence-electron chi connectivity index (χ4n) is 1.18. The van der Waals surface area contributed by atoms with Gasteiger partial charge in [-0.25, -0.2) is 4.98 Å². The van der Waals surface area contributed by atoms with Crippen molar-refractivity contribution in [3.8, 4) is 0 Å². The van der Waals surface area contributed by atoms with Crippen molar-refractivity contribution in [3.05, 3.63) is 35.6 Å². The third kappa shape index (κ3) is 1.01. The van der Waals surface area contributed by atoms with Crippen LogP contribution in [0.3, 0.4) is 0 Å². The molecule has 0 aliphatic rings. The summed E-state index contributed by atoms with van der Waals surface area (Å²) in [6.07, 6.45) is 1.57. The highest BCUT2D eigenvalue weighted by Crippen LogP contribution is 2.24. The molecule has 3 heteroatoms.